The maximum atomic E-state index is 13.1. The number of hydrogen-bond donors (Lipinski definition) is 0. The molecule has 1 aliphatic rings. The van der Waals surface area contributed by atoms with Gasteiger partial charge in [-0.1, -0.05) is 0 Å². The molecule has 0 saturated carbocycles. The zero-order valence-corrected chi connectivity index (χ0v) is 16.6. The molecule has 1 aromatic carbocycles. The summed E-state index contributed by atoms with van der Waals surface area (Å²) in [5.41, 5.74) is 3.03. The number of esters is 1. The second-order valence-electron chi connectivity index (χ2n) is 7.60. The predicted octanol–water partition coefficient (Wildman–Crippen LogP) is 4.25. The predicted molar refractivity (Wildman–Crippen MR) is 103 cm³/mol. The highest BCUT2D eigenvalue weighted by Gasteiger charge is 2.34. The Hall–Kier alpha value is -2.56. The van der Waals surface area contributed by atoms with Crippen LogP contribution in [0.5, 0.6) is 5.75 Å². The molecule has 1 aliphatic heterocycles. The van der Waals surface area contributed by atoms with Gasteiger partial charge in [-0.05, 0) is 76.9 Å². The summed E-state index contributed by atoms with van der Waals surface area (Å²) in [6.07, 6.45) is 0.614. The van der Waals surface area contributed by atoms with Gasteiger partial charge in [0.1, 0.15) is 5.75 Å². The third-order valence-corrected chi connectivity index (χ3v) is 4.66. The van der Waals surface area contributed by atoms with Crippen molar-refractivity contribution in [2.24, 2.45) is 0 Å². The number of benzene rings is 1. The van der Waals surface area contributed by atoms with E-state index in [1.807, 2.05) is 57.4 Å². The topological polar surface area (TPSA) is 57.5 Å². The molecule has 5 nitrogen and oxygen atoms in total. The Morgan fingerprint density at radius 2 is 1.74 bits per heavy atom. The van der Waals surface area contributed by atoms with Crippen LogP contribution < -0.4 is 4.74 Å². The van der Waals surface area contributed by atoms with Crippen LogP contribution in [0.4, 0.5) is 0 Å². The second-order valence-corrected chi connectivity index (χ2v) is 7.60. The van der Waals surface area contributed by atoms with Gasteiger partial charge in [0.05, 0.1) is 23.8 Å². The number of hydrogen-bond acceptors (Lipinski definition) is 4. The van der Waals surface area contributed by atoms with E-state index in [4.69, 9.17) is 9.47 Å². The van der Waals surface area contributed by atoms with Crippen LogP contribution in [0.2, 0.25) is 0 Å². The Labute approximate surface area is 160 Å². The Kier molecular flexibility index (Phi) is 5.40. The molecule has 0 aliphatic carbocycles. The summed E-state index contributed by atoms with van der Waals surface area (Å²) in [7, 11) is 0. The highest BCUT2D eigenvalue weighted by molar-refractivity contribution is 6.09. The lowest BCUT2D eigenvalue weighted by Crippen LogP contribution is -2.18. The van der Waals surface area contributed by atoms with Crippen molar-refractivity contribution in [3.63, 3.8) is 0 Å². The first-order chi connectivity index (χ1) is 12.8. The Morgan fingerprint density at radius 3 is 2.33 bits per heavy atom. The van der Waals surface area contributed by atoms with Gasteiger partial charge >= 0.3 is 5.97 Å². The Morgan fingerprint density at radius 1 is 1.07 bits per heavy atom. The lowest BCUT2D eigenvalue weighted by Gasteiger charge is -2.12. The van der Waals surface area contributed by atoms with E-state index in [0.717, 1.165) is 17.0 Å². The van der Waals surface area contributed by atoms with Gasteiger partial charge in [0.15, 0.2) is 0 Å². The van der Waals surface area contributed by atoms with E-state index in [0.29, 0.717) is 24.2 Å². The highest BCUT2D eigenvalue weighted by Crippen LogP contribution is 2.34. The maximum Gasteiger partial charge on any atom is 0.315 e. The van der Waals surface area contributed by atoms with Gasteiger partial charge in [-0.3, -0.25) is 9.59 Å². The van der Waals surface area contributed by atoms with Crippen LogP contribution in [-0.4, -0.2) is 28.5 Å². The standard InChI is InChI=1S/C22H27NO4/c1-13(2)26-17-8-6-16(7-9-17)21(24)20-15(5)12-19-18(10-11-23(19)20)22(25)27-14(3)4/h6-9,12-14,18H,10-11H2,1-5H3. The molecular formula is C22H27NO4. The third kappa shape index (κ3) is 3.92. The summed E-state index contributed by atoms with van der Waals surface area (Å²) < 4.78 is 13.0. The number of aromatic nitrogens is 1. The fraction of sp³-hybridized carbons (Fsp3) is 0.455. The van der Waals surface area contributed by atoms with Crippen molar-refractivity contribution >= 4 is 11.8 Å². The average Bonchev–Trinajstić information content (AvgIpc) is 3.11. The molecule has 1 unspecified atom stereocenters. The number of fused-ring (bicyclic) bond motifs is 1. The van der Waals surface area contributed by atoms with Crippen molar-refractivity contribution in [2.45, 2.75) is 65.7 Å². The number of ether oxygens (including phenoxy) is 2. The first kappa shape index (κ1) is 19.2. The van der Waals surface area contributed by atoms with Crippen molar-refractivity contribution < 1.29 is 19.1 Å². The van der Waals surface area contributed by atoms with Gasteiger partial charge in [-0.2, -0.15) is 0 Å². The fourth-order valence-electron chi connectivity index (χ4n) is 3.59. The van der Waals surface area contributed by atoms with Gasteiger partial charge in [0, 0.05) is 17.8 Å². The first-order valence-electron chi connectivity index (χ1n) is 9.50. The van der Waals surface area contributed by atoms with Gasteiger partial charge in [0.25, 0.3) is 0 Å². The maximum absolute atomic E-state index is 13.1. The zero-order chi connectivity index (χ0) is 19.7. The van der Waals surface area contributed by atoms with E-state index >= 15 is 0 Å². The summed E-state index contributed by atoms with van der Waals surface area (Å²) in [5.74, 6) is 0.202. The zero-order valence-electron chi connectivity index (χ0n) is 16.6. The Balaban J connectivity index is 1.86. The molecule has 27 heavy (non-hydrogen) atoms. The Bertz CT molecular complexity index is 846. The van der Waals surface area contributed by atoms with Crippen LogP contribution >= 0.6 is 0 Å². The summed E-state index contributed by atoms with van der Waals surface area (Å²) in [4.78, 5) is 25.5. The van der Waals surface area contributed by atoms with E-state index in [-0.39, 0.29) is 29.9 Å². The molecule has 1 atom stereocenters. The van der Waals surface area contributed by atoms with Crippen LogP contribution in [-0.2, 0) is 16.1 Å². The van der Waals surface area contributed by atoms with Crippen molar-refractivity contribution in [1.29, 1.82) is 0 Å². The van der Waals surface area contributed by atoms with Gasteiger partial charge < -0.3 is 14.0 Å². The fourth-order valence-corrected chi connectivity index (χ4v) is 3.59. The minimum absolute atomic E-state index is 0.0345. The highest BCUT2D eigenvalue weighted by atomic mass is 16.5. The van der Waals surface area contributed by atoms with E-state index in [2.05, 4.69) is 0 Å². The average molecular weight is 369 g/mol. The van der Waals surface area contributed by atoms with E-state index in [9.17, 15) is 9.59 Å². The molecule has 0 spiro atoms. The molecule has 0 radical (unpaired) electrons. The lowest BCUT2D eigenvalue weighted by molar-refractivity contribution is -0.149. The normalized spacial score (nSPS) is 15.9. The van der Waals surface area contributed by atoms with Gasteiger partial charge in [-0.25, -0.2) is 0 Å². The molecule has 0 saturated heterocycles. The van der Waals surface area contributed by atoms with Crippen LogP contribution in [0.3, 0.4) is 0 Å². The van der Waals surface area contributed by atoms with E-state index in [1.165, 1.54) is 0 Å². The van der Waals surface area contributed by atoms with Crippen molar-refractivity contribution in [1.82, 2.24) is 4.57 Å². The summed E-state index contributed by atoms with van der Waals surface area (Å²) in [6, 6.07) is 9.17. The van der Waals surface area contributed by atoms with E-state index < -0.39 is 0 Å². The SMILES string of the molecule is Cc1cc2n(c1C(=O)c1ccc(OC(C)C)cc1)CCC2C(=O)OC(C)C. The number of carbonyl (C=O) groups excluding carboxylic acids is 2. The van der Waals surface area contributed by atoms with Crippen LogP contribution in [0.15, 0.2) is 30.3 Å². The van der Waals surface area contributed by atoms with Crippen LogP contribution in [0.1, 0.15) is 67.3 Å². The van der Waals surface area contributed by atoms with E-state index in [1.54, 1.807) is 12.1 Å². The third-order valence-electron chi connectivity index (χ3n) is 4.66. The lowest BCUT2D eigenvalue weighted by atomic mass is 10.0. The number of aryl methyl sites for hydroxylation is 1. The monoisotopic (exact) mass is 369 g/mol. The number of carbonyl (C=O) groups is 2. The first-order valence-corrected chi connectivity index (χ1v) is 9.50. The van der Waals surface area contributed by atoms with Crippen molar-refractivity contribution in [3.05, 3.63) is 52.8 Å². The van der Waals surface area contributed by atoms with Crippen LogP contribution in [0.25, 0.3) is 0 Å². The smallest absolute Gasteiger partial charge is 0.315 e. The largest absolute Gasteiger partial charge is 0.491 e. The molecule has 2 heterocycles. The molecule has 0 N–H and O–H groups in total. The molecule has 1 aromatic heterocycles. The quantitative estimate of drug-likeness (QED) is 0.564. The molecular weight excluding hydrogens is 342 g/mol. The molecule has 0 bridgehead atoms. The summed E-state index contributed by atoms with van der Waals surface area (Å²) in [6.45, 7) is 10.2. The van der Waals surface area contributed by atoms with Crippen molar-refractivity contribution in [2.75, 3.05) is 0 Å². The van der Waals surface area contributed by atoms with Gasteiger partial charge in [0.2, 0.25) is 5.78 Å². The molecule has 2 aromatic rings. The number of rotatable bonds is 6. The molecule has 0 fully saturated rings. The number of nitrogens with zero attached hydrogens (tertiary/aromatic N) is 1. The van der Waals surface area contributed by atoms with Gasteiger partial charge in [-0.15, -0.1) is 0 Å². The summed E-state index contributed by atoms with van der Waals surface area (Å²) in [5, 5.41) is 0. The molecule has 5 heteroatoms. The summed E-state index contributed by atoms with van der Waals surface area (Å²) >= 11 is 0. The minimum Gasteiger partial charge on any atom is -0.491 e. The molecule has 144 valence electrons. The van der Waals surface area contributed by atoms with Crippen molar-refractivity contribution in [3.8, 4) is 5.75 Å². The molecule has 3 rings (SSSR count). The minimum atomic E-state index is -0.297. The number of ketones is 1. The van der Waals surface area contributed by atoms with Crippen LogP contribution in [0, 0.1) is 6.92 Å². The second kappa shape index (κ2) is 7.59. The molecule has 0 amide bonds.